The molecule has 0 unspecified atom stereocenters. The van der Waals surface area contributed by atoms with Gasteiger partial charge in [0.1, 0.15) is 11.5 Å². The molecule has 0 aliphatic heterocycles. The Labute approximate surface area is 103 Å². The van der Waals surface area contributed by atoms with Crippen LogP contribution in [0, 0.1) is 6.07 Å². The second-order valence-electron chi connectivity index (χ2n) is 5.10. The van der Waals surface area contributed by atoms with Crippen LogP contribution in [0.5, 0.6) is 11.5 Å². The van der Waals surface area contributed by atoms with Crippen molar-refractivity contribution in [2.45, 2.75) is 26.2 Å². The minimum absolute atomic E-state index is 0.178. The van der Waals surface area contributed by atoms with E-state index in [-0.39, 0.29) is 5.41 Å². The summed E-state index contributed by atoms with van der Waals surface area (Å²) in [6, 6.07) is 18.9. The lowest BCUT2D eigenvalue weighted by Gasteiger charge is -2.19. The molecule has 1 nitrogen and oxygen atoms in total. The van der Waals surface area contributed by atoms with E-state index in [1.54, 1.807) is 0 Å². The molecule has 0 saturated carbocycles. The van der Waals surface area contributed by atoms with Gasteiger partial charge in [-0.15, -0.1) is 0 Å². The first kappa shape index (κ1) is 11.7. The molecule has 0 aliphatic rings. The largest absolute Gasteiger partial charge is 0.457 e. The van der Waals surface area contributed by atoms with Crippen LogP contribution in [0.25, 0.3) is 0 Å². The number of hydrogen-bond donors (Lipinski definition) is 0. The lowest BCUT2D eigenvalue weighted by atomic mass is 9.87. The fourth-order valence-electron chi connectivity index (χ4n) is 1.59. The minimum Gasteiger partial charge on any atom is -0.457 e. The van der Waals surface area contributed by atoms with Crippen molar-refractivity contribution in [1.82, 2.24) is 0 Å². The Morgan fingerprint density at radius 3 is 2.18 bits per heavy atom. The van der Waals surface area contributed by atoms with Crippen LogP contribution in [0.1, 0.15) is 26.3 Å². The van der Waals surface area contributed by atoms with Crippen LogP contribution in [-0.2, 0) is 5.41 Å². The zero-order valence-corrected chi connectivity index (χ0v) is 10.5. The Morgan fingerprint density at radius 1 is 0.941 bits per heavy atom. The average molecular weight is 225 g/mol. The van der Waals surface area contributed by atoms with Crippen molar-refractivity contribution >= 4 is 0 Å². The zero-order chi connectivity index (χ0) is 12.3. The van der Waals surface area contributed by atoms with Crippen molar-refractivity contribution in [2.24, 2.45) is 0 Å². The summed E-state index contributed by atoms with van der Waals surface area (Å²) >= 11 is 0. The van der Waals surface area contributed by atoms with Crippen LogP contribution in [0.3, 0.4) is 0 Å². The maximum Gasteiger partial charge on any atom is 0.135 e. The van der Waals surface area contributed by atoms with Crippen LogP contribution in [0.4, 0.5) is 0 Å². The highest BCUT2D eigenvalue weighted by Crippen LogP contribution is 2.26. The minimum atomic E-state index is 0.178. The fraction of sp³-hybridized carbons (Fsp3) is 0.250. The van der Waals surface area contributed by atoms with Gasteiger partial charge in [0.15, 0.2) is 0 Å². The van der Waals surface area contributed by atoms with Crippen molar-refractivity contribution in [3.8, 4) is 11.5 Å². The topological polar surface area (TPSA) is 9.23 Å². The Balaban J connectivity index is 2.14. The van der Waals surface area contributed by atoms with Gasteiger partial charge in [0.05, 0.1) is 0 Å². The van der Waals surface area contributed by atoms with E-state index >= 15 is 0 Å². The smallest absolute Gasteiger partial charge is 0.135 e. The maximum atomic E-state index is 5.69. The number of rotatable bonds is 2. The van der Waals surface area contributed by atoms with E-state index in [4.69, 9.17) is 4.74 Å². The monoisotopic (exact) mass is 225 g/mol. The van der Waals surface area contributed by atoms with E-state index in [0.29, 0.717) is 0 Å². The first-order valence-corrected chi connectivity index (χ1v) is 5.81. The number of hydrogen-bond acceptors (Lipinski definition) is 1. The standard InChI is InChI=1S/C16H17O/c1-16(2,3)13-9-11-15(12-10-13)17-14-7-5-4-6-8-14/h4-7,9-12H,1-3H3. The molecule has 1 radical (unpaired) electrons. The maximum absolute atomic E-state index is 5.69. The predicted molar refractivity (Wildman–Crippen MR) is 70.5 cm³/mol. The summed E-state index contributed by atoms with van der Waals surface area (Å²) in [5.74, 6) is 1.59. The lowest BCUT2D eigenvalue weighted by Crippen LogP contribution is -2.10. The third-order valence-electron chi connectivity index (χ3n) is 2.63. The summed E-state index contributed by atoms with van der Waals surface area (Å²) in [7, 11) is 0. The molecule has 0 aliphatic carbocycles. The highest BCUT2D eigenvalue weighted by molar-refractivity contribution is 5.34. The molecule has 2 aromatic rings. The number of para-hydroxylation sites is 1. The van der Waals surface area contributed by atoms with Crippen LogP contribution in [0.15, 0.2) is 48.5 Å². The molecule has 0 fully saturated rings. The molecule has 0 aromatic heterocycles. The molecule has 0 saturated heterocycles. The molecule has 2 rings (SSSR count). The second kappa shape index (κ2) is 4.62. The summed E-state index contributed by atoms with van der Waals surface area (Å²) < 4.78 is 5.69. The summed E-state index contributed by atoms with van der Waals surface area (Å²) in [6.45, 7) is 6.61. The zero-order valence-electron chi connectivity index (χ0n) is 10.5. The summed E-state index contributed by atoms with van der Waals surface area (Å²) in [4.78, 5) is 0. The molecule has 2 aromatic carbocycles. The third kappa shape index (κ3) is 3.10. The highest BCUT2D eigenvalue weighted by atomic mass is 16.5. The molecule has 0 atom stereocenters. The Hall–Kier alpha value is -1.76. The van der Waals surface area contributed by atoms with Crippen molar-refractivity contribution < 1.29 is 4.74 Å². The van der Waals surface area contributed by atoms with Crippen molar-refractivity contribution in [1.29, 1.82) is 0 Å². The van der Waals surface area contributed by atoms with Crippen LogP contribution >= 0.6 is 0 Å². The van der Waals surface area contributed by atoms with E-state index in [1.165, 1.54) is 5.56 Å². The number of ether oxygens (including phenoxy) is 1. The highest BCUT2D eigenvalue weighted by Gasteiger charge is 2.12. The van der Waals surface area contributed by atoms with Gasteiger partial charge in [-0.2, -0.15) is 0 Å². The molecule has 0 bridgehead atoms. The van der Waals surface area contributed by atoms with E-state index < -0.39 is 0 Å². The molecule has 0 spiro atoms. The van der Waals surface area contributed by atoms with Crippen molar-refractivity contribution in [2.75, 3.05) is 0 Å². The SMILES string of the molecule is CC(C)(C)c1ccc(Oc2[c]cccc2)cc1. The van der Waals surface area contributed by atoms with E-state index in [0.717, 1.165) is 11.5 Å². The lowest BCUT2D eigenvalue weighted by molar-refractivity contribution is 0.480. The van der Waals surface area contributed by atoms with Gasteiger partial charge < -0.3 is 4.74 Å². The van der Waals surface area contributed by atoms with Gasteiger partial charge in [0.2, 0.25) is 0 Å². The summed E-state index contributed by atoms with van der Waals surface area (Å²) in [5, 5.41) is 0. The van der Waals surface area contributed by atoms with Crippen LogP contribution < -0.4 is 4.74 Å². The van der Waals surface area contributed by atoms with E-state index in [1.807, 2.05) is 36.4 Å². The number of benzene rings is 2. The Morgan fingerprint density at radius 2 is 1.65 bits per heavy atom. The first-order chi connectivity index (χ1) is 8.05. The van der Waals surface area contributed by atoms with E-state index in [2.05, 4.69) is 39.0 Å². The summed E-state index contributed by atoms with van der Waals surface area (Å²) in [6.07, 6.45) is 0. The molecular weight excluding hydrogens is 208 g/mol. The van der Waals surface area contributed by atoms with Gasteiger partial charge in [0.25, 0.3) is 0 Å². The molecule has 0 amide bonds. The molecule has 87 valence electrons. The van der Waals surface area contributed by atoms with E-state index in [9.17, 15) is 0 Å². The van der Waals surface area contributed by atoms with Crippen LogP contribution in [-0.4, -0.2) is 0 Å². The first-order valence-electron chi connectivity index (χ1n) is 5.81. The fourth-order valence-corrected chi connectivity index (χ4v) is 1.59. The quantitative estimate of drug-likeness (QED) is 0.727. The van der Waals surface area contributed by atoms with Gasteiger partial charge in [0, 0.05) is 6.07 Å². The Kier molecular flexibility index (Phi) is 3.19. The third-order valence-corrected chi connectivity index (χ3v) is 2.63. The molecular formula is C16H17O. The predicted octanol–water partition coefficient (Wildman–Crippen LogP) is 4.58. The van der Waals surface area contributed by atoms with Crippen LogP contribution in [0.2, 0.25) is 0 Å². The summed E-state index contributed by atoms with van der Waals surface area (Å²) in [5.41, 5.74) is 1.49. The van der Waals surface area contributed by atoms with Gasteiger partial charge in [-0.3, -0.25) is 0 Å². The molecule has 1 heteroatoms. The Bertz CT molecular complexity index is 463. The van der Waals surface area contributed by atoms with Crippen molar-refractivity contribution in [3.63, 3.8) is 0 Å². The van der Waals surface area contributed by atoms with Gasteiger partial charge in [-0.25, -0.2) is 0 Å². The molecule has 17 heavy (non-hydrogen) atoms. The molecule has 0 heterocycles. The van der Waals surface area contributed by atoms with Gasteiger partial charge in [-0.05, 0) is 29.2 Å². The van der Waals surface area contributed by atoms with Crippen molar-refractivity contribution in [3.05, 3.63) is 60.2 Å². The second-order valence-corrected chi connectivity index (χ2v) is 5.10. The van der Waals surface area contributed by atoms with Gasteiger partial charge >= 0.3 is 0 Å². The normalized spacial score (nSPS) is 11.2. The molecule has 0 N–H and O–H groups in total. The van der Waals surface area contributed by atoms with Gasteiger partial charge in [-0.1, -0.05) is 51.1 Å². The average Bonchev–Trinajstić information content (AvgIpc) is 2.30.